The van der Waals surface area contributed by atoms with Crippen LogP contribution in [0.25, 0.3) is 0 Å². The largest absolute Gasteiger partial charge is 0.357 e. The third-order valence-corrected chi connectivity index (χ3v) is 3.85. The zero-order valence-electron chi connectivity index (χ0n) is 12.1. The molecule has 0 radical (unpaired) electrons. The van der Waals surface area contributed by atoms with Gasteiger partial charge in [0.2, 0.25) is 0 Å². The normalized spacial score (nSPS) is 14.1. The standard InChI is InChI=1S/C16H17ClN4O/c17-13-5-3-4-12(10-13)16(22)19-11-14-18-7-6-15(20-14)21-8-1-2-9-21/h3-7,10H,1-2,8-9,11H2,(H,19,22). The zero-order valence-corrected chi connectivity index (χ0v) is 12.9. The maximum atomic E-state index is 12.1. The Bertz CT molecular complexity index is 671. The van der Waals surface area contributed by atoms with Gasteiger partial charge in [0.15, 0.2) is 0 Å². The van der Waals surface area contributed by atoms with E-state index in [9.17, 15) is 4.79 Å². The second-order valence-electron chi connectivity index (χ2n) is 5.22. The van der Waals surface area contributed by atoms with E-state index in [-0.39, 0.29) is 5.91 Å². The Morgan fingerprint density at radius 2 is 2.09 bits per heavy atom. The molecule has 0 spiro atoms. The summed E-state index contributed by atoms with van der Waals surface area (Å²) >= 11 is 5.89. The molecule has 22 heavy (non-hydrogen) atoms. The molecule has 2 heterocycles. The van der Waals surface area contributed by atoms with Crippen LogP contribution in [0, 0.1) is 0 Å². The first-order chi connectivity index (χ1) is 10.7. The molecule has 0 unspecified atom stereocenters. The van der Waals surface area contributed by atoms with Crippen molar-refractivity contribution in [2.75, 3.05) is 18.0 Å². The molecule has 0 atom stereocenters. The smallest absolute Gasteiger partial charge is 0.251 e. The number of benzene rings is 1. The van der Waals surface area contributed by atoms with Crippen LogP contribution in [0.2, 0.25) is 5.02 Å². The van der Waals surface area contributed by atoms with Gasteiger partial charge in [0.1, 0.15) is 11.6 Å². The summed E-state index contributed by atoms with van der Waals surface area (Å²) in [6.07, 6.45) is 4.14. The average Bonchev–Trinajstić information content (AvgIpc) is 3.07. The van der Waals surface area contributed by atoms with E-state index in [1.54, 1.807) is 30.5 Å². The van der Waals surface area contributed by atoms with Crippen molar-refractivity contribution in [2.24, 2.45) is 0 Å². The van der Waals surface area contributed by atoms with Crippen LogP contribution in [0.15, 0.2) is 36.5 Å². The molecule has 5 nitrogen and oxygen atoms in total. The van der Waals surface area contributed by atoms with Crippen LogP contribution in [-0.4, -0.2) is 29.0 Å². The molecular formula is C16H17ClN4O. The Morgan fingerprint density at radius 1 is 1.27 bits per heavy atom. The fraction of sp³-hybridized carbons (Fsp3) is 0.312. The average molecular weight is 317 g/mol. The number of anilines is 1. The number of rotatable bonds is 4. The quantitative estimate of drug-likeness (QED) is 0.942. The molecule has 1 amide bonds. The summed E-state index contributed by atoms with van der Waals surface area (Å²) in [5.74, 6) is 1.36. The SMILES string of the molecule is O=C(NCc1nccc(N2CCCC2)n1)c1cccc(Cl)c1. The third kappa shape index (κ3) is 3.54. The number of amides is 1. The summed E-state index contributed by atoms with van der Waals surface area (Å²) in [6.45, 7) is 2.36. The lowest BCUT2D eigenvalue weighted by Gasteiger charge is -2.16. The Morgan fingerprint density at radius 3 is 2.86 bits per heavy atom. The van der Waals surface area contributed by atoms with Gasteiger partial charge in [0.25, 0.3) is 5.91 Å². The first-order valence-electron chi connectivity index (χ1n) is 7.33. The molecule has 0 saturated carbocycles. The third-order valence-electron chi connectivity index (χ3n) is 3.61. The van der Waals surface area contributed by atoms with Gasteiger partial charge in [0.05, 0.1) is 6.54 Å². The second kappa shape index (κ2) is 6.75. The van der Waals surface area contributed by atoms with Crippen molar-refractivity contribution in [1.82, 2.24) is 15.3 Å². The topological polar surface area (TPSA) is 58.1 Å². The van der Waals surface area contributed by atoms with Gasteiger partial charge in [-0.1, -0.05) is 17.7 Å². The molecule has 1 saturated heterocycles. The molecule has 6 heteroatoms. The maximum absolute atomic E-state index is 12.1. The van der Waals surface area contributed by atoms with Crippen molar-refractivity contribution < 1.29 is 4.79 Å². The summed E-state index contributed by atoms with van der Waals surface area (Å²) in [7, 11) is 0. The van der Waals surface area contributed by atoms with E-state index < -0.39 is 0 Å². The van der Waals surface area contributed by atoms with Crippen LogP contribution in [0.1, 0.15) is 29.0 Å². The van der Waals surface area contributed by atoms with Gasteiger partial charge in [-0.3, -0.25) is 4.79 Å². The summed E-state index contributed by atoms with van der Waals surface area (Å²) in [6, 6.07) is 8.76. The van der Waals surface area contributed by atoms with Gasteiger partial charge < -0.3 is 10.2 Å². The van der Waals surface area contributed by atoms with Crippen molar-refractivity contribution in [3.8, 4) is 0 Å². The van der Waals surface area contributed by atoms with Gasteiger partial charge in [-0.05, 0) is 37.1 Å². The molecule has 1 aromatic heterocycles. The van der Waals surface area contributed by atoms with E-state index in [2.05, 4.69) is 20.2 Å². The monoisotopic (exact) mass is 316 g/mol. The molecule has 3 rings (SSSR count). The number of nitrogens with zero attached hydrogens (tertiary/aromatic N) is 3. The van der Waals surface area contributed by atoms with Crippen LogP contribution < -0.4 is 10.2 Å². The van der Waals surface area contributed by atoms with Gasteiger partial charge in [-0.25, -0.2) is 9.97 Å². The van der Waals surface area contributed by atoms with Crippen LogP contribution in [0.4, 0.5) is 5.82 Å². The first-order valence-corrected chi connectivity index (χ1v) is 7.71. The fourth-order valence-electron chi connectivity index (χ4n) is 2.49. The summed E-state index contributed by atoms with van der Waals surface area (Å²) < 4.78 is 0. The number of carbonyl (C=O) groups excluding carboxylic acids is 1. The minimum absolute atomic E-state index is 0.183. The second-order valence-corrected chi connectivity index (χ2v) is 5.65. The van der Waals surface area contributed by atoms with Crippen molar-refractivity contribution >= 4 is 23.3 Å². The summed E-state index contributed by atoms with van der Waals surface area (Å²) in [4.78, 5) is 23.0. The van der Waals surface area contributed by atoms with Crippen molar-refractivity contribution in [3.05, 3.63) is 52.9 Å². The molecule has 0 bridgehead atoms. The van der Waals surface area contributed by atoms with Crippen LogP contribution in [0.5, 0.6) is 0 Å². The van der Waals surface area contributed by atoms with Crippen molar-refractivity contribution in [1.29, 1.82) is 0 Å². The van der Waals surface area contributed by atoms with Crippen molar-refractivity contribution in [2.45, 2.75) is 19.4 Å². The Labute approximate surface area is 134 Å². The highest BCUT2D eigenvalue weighted by Gasteiger charge is 2.14. The van der Waals surface area contributed by atoms with E-state index in [4.69, 9.17) is 11.6 Å². The highest BCUT2D eigenvalue weighted by molar-refractivity contribution is 6.30. The minimum Gasteiger partial charge on any atom is -0.357 e. The molecular weight excluding hydrogens is 300 g/mol. The van der Waals surface area contributed by atoms with E-state index in [0.717, 1.165) is 18.9 Å². The number of hydrogen-bond acceptors (Lipinski definition) is 4. The van der Waals surface area contributed by atoms with E-state index >= 15 is 0 Å². The molecule has 2 aromatic rings. The van der Waals surface area contributed by atoms with Crippen LogP contribution >= 0.6 is 11.6 Å². The van der Waals surface area contributed by atoms with Gasteiger partial charge in [-0.2, -0.15) is 0 Å². The minimum atomic E-state index is -0.183. The molecule has 1 N–H and O–H groups in total. The molecule has 1 fully saturated rings. The maximum Gasteiger partial charge on any atom is 0.251 e. The molecule has 1 aromatic carbocycles. The van der Waals surface area contributed by atoms with Gasteiger partial charge >= 0.3 is 0 Å². The number of carbonyl (C=O) groups is 1. The Kier molecular flexibility index (Phi) is 4.53. The lowest BCUT2D eigenvalue weighted by molar-refractivity contribution is 0.0950. The molecule has 1 aliphatic rings. The molecule has 114 valence electrons. The van der Waals surface area contributed by atoms with Crippen molar-refractivity contribution in [3.63, 3.8) is 0 Å². The highest BCUT2D eigenvalue weighted by Crippen LogP contribution is 2.17. The van der Waals surface area contributed by atoms with Gasteiger partial charge in [0, 0.05) is 29.9 Å². The van der Waals surface area contributed by atoms with E-state index in [0.29, 0.717) is 23.0 Å². The van der Waals surface area contributed by atoms with E-state index in [1.165, 1.54) is 12.8 Å². The van der Waals surface area contributed by atoms with E-state index in [1.807, 2.05) is 6.07 Å². The molecule has 0 aliphatic carbocycles. The zero-order chi connectivity index (χ0) is 15.4. The Hall–Kier alpha value is -2.14. The van der Waals surface area contributed by atoms with Gasteiger partial charge in [-0.15, -0.1) is 0 Å². The highest BCUT2D eigenvalue weighted by atomic mass is 35.5. The number of aromatic nitrogens is 2. The first kappa shape index (κ1) is 14.8. The number of nitrogens with one attached hydrogen (secondary N) is 1. The lowest BCUT2D eigenvalue weighted by atomic mass is 10.2. The van der Waals surface area contributed by atoms with Crippen LogP contribution in [-0.2, 0) is 6.54 Å². The Balaban J connectivity index is 1.63. The lowest BCUT2D eigenvalue weighted by Crippen LogP contribution is -2.25. The summed E-state index contributed by atoms with van der Waals surface area (Å²) in [5, 5.41) is 3.36. The molecule has 1 aliphatic heterocycles. The fourth-order valence-corrected chi connectivity index (χ4v) is 2.68. The predicted octanol–water partition coefficient (Wildman–Crippen LogP) is 2.66. The predicted molar refractivity (Wildman–Crippen MR) is 86.1 cm³/mol. The number of halogens is 1. The summed E-state index contributed by atoms with van der Waals surface area (Å²) in [5.41, 5.74) is 0.531. The number of hydrogen-bond donors (Lipinski definition) is 1. The van der Waals surface area contributed by atoms with Crippen LogP contribution in [0.3, 0.4) is 0 Å².